The van der Waals surface area contributed by atoms with Crippen molar-refractivity contribution in [3.8, 4) is 0 Å². The van der Waals surface area contributed by atoms with E-state index in [0.29, 0.717) is 23.8 Å². The van der Waals surface area contributed by atoms with Gasteiger partial charge in [0.15, 0.2) is 0 Å². The number of hydrogen-bond acceptors (Lipinski definition) is 4. The summed E-state index contributed by atoms with van der Waals surface area (Å²) in [6.45, 7) is 6.81. The molecule has 6 nitrogen and oxygen atoms in total. The second-order valence-electron chi connectivity index (χ2n) is 8.32. The molecule has 0 bridgehead atoms. The molecule has 2 aromatic carbocycles. The van der Waals surface area contributed by atoms with Crippen LogP contribution in [0.1, 0.15) is 54.9 Å². The van der Waals surface area contributed by atoms with E-state index in [4.69, 9.17) is 11.6 Å². The van der Waals surface area contributed by atoms with Gasteiger partial charge >= 0.3 is 0 Å². The first-order valence-corrected chi connectivity index (χ1v) is 13.1. The molecule has 2 N–H and O–H groups in total. The maximum atomic E-state index is 12.6. The maximum Gasteiger partial charge on any atom is 0.261 e. The van der Waals surface area contributed by atoms with Gasteiger partial charge in [-0.25, -0.2) is 8.42 Å². The van der Waals surface area contributed by atoms with E-state index in [-0.39, 0.29) is 15.8 Å². The van der Waals surface area contributed by atoms with Gasteiger partial charge in [0.25, 0.3) is 15.9 Å². The van der Waals surface area contributed by atoms with Crippen molar-refractivity contribution in [3.63, 3.8) is 0 Å². The number of likely N-dealkylation sites (tertiary alicyclic amines) is 1. The number of rotatable bonds is 9. The molecule has 1 aliphatic heterocycles. The van der Waals surface area contributed by atoms with E-state index in [1.165, 1.54) is 31.7 Å². The average Bonchev–Trinajstić information content (AvgIpc) is 2.77. The zero-order chi connectivity index (χ0) is 23.1. The molecule has 0 aliphatic carbocycles. The lowest BCUT2D eigenvalue weighted by Crippen LogP contribution is -2.40. The van der Waals surface area contributed by atoms with Crippen LogP contribution >= 0.6 is 11.6 Å². The third kappa shape index (κ3) is 6.47. The lowest BCUT2D eigenvalue weighted by Gasteiger charge is -2.35. The molecule has 1 heterocycles. The summed E-state index contributed by atoms with van der Waals surface area (Å²) < 4.78 is 27.6. The number of nitrogens with one attached hydrogen (secondary N) is 2. The smallest absolute Gasteiger partial charge is 0.261 e. The summed E-state index contributed by atoms with van der Waals surface area (Å²) in [7, 11) is -3.73. The molecule has 3 rings (SSSR count). The monoisotopic (exact) mass is 477 g/mol. The van der Waals surface area contributed by atoms with Gasteiger partial charge in [-0.15, -0.1) is 0 Å². The number of aryl methyl sites for hydroxylation is 1. The molecule has 1 amide bonds. The van der Waals surface area contributed by atoms with Gasteiger partial charge in [0.05, 0.1) is 21.2 Å². The van der Waals surface area contributed by atoms with E-state index in [1.807, 2.05) is 6.92 Å². The Morgan fingerprint density at radius 2 is 1.91 bits per heavy atom. The SMILES string of the molecule is CCC1CCCCN1CCCNC(=O)c1ccc(NS(=O)(=O)c2ccc(C)cc2)cc1Cl. The Morgan fingerprint density at radius 1 is 1.16 bits per heavy atom. The van der Waals surface area contributed by atoms with Gasteiger partial charge in [0.1, 0.15) is 0 Å². The molecule has 1 saturated heterocycles. The fraction of sp³-hybridized carbons (Fsp3) is 0.458. The summed E-state index contributed by atoms with van der Waals surface area (Å²) in [4.78, 5) is 15.2. The number of benzene rings is 2. The summed E-state index contributed by atoms with van der Waals surface area (Å²) in [6.07, 6.45) is 5.87. The number of anilines is 1. The van der Waals surface area contributed by atoms with E-state index in [0.717, 1.165) is 25.1 Å². The van der Waals surface area contributed by atoms with E-state index < -0.39 is 10.0 Å². The Labute approximate surface area is 196 Å². The van der Waals surface area contributed by atoms with Crippen LogP contribution in [-0.2, 0) is 10.0 Å². The van der Waals surface area contributed by atoms with Gasteiger partial charge in [-0.3, -0.25) is 9.52 Å². The van der Waals surface area contributed by atoms with Crippen LogP contribution in [0.4, 0.5) is 5.69 Å². The minimum atomic E-state index is -3.73. The van der Waals surface area contributed by atoms with Gasteiger partial charge in [0.2, 0.25) is 0 Å². The number of nitrogens with zero attached hydrogens (tertiary/aromatic N) is 1. The highest BCUT2D eigenvalue weighted by Gasteiger charge is 2.20. The molecule has 2 aromatic rings. The van der Waals surface area contributed by atoms with Crippen molar-refractivity contribution in [1.82, 2.24) is 10.2 Å². The minimum absolute atomic E-state index is 0.167. The van der Waals surface area contributed by atoms with Gasteiger partial charge in [0, 0.05) is 19.1 Å². The summed E-state index contributed by atoms with van der Waals surface area (Å²) >= 11 is 6.29. The largest absolute Gasteiger partial charge is 0.352 e. The Kier molecular flexibility index (Phi) is 8.57. The highest BCUT2D eigenvalue weighted by atomic mass is 35.5. The first kappa shape index (κ1) is 24.6. The van der Waals surface area contributed by atoms with Crippen LogP contribution in [0.3, 0.4) is 0 Å². The molecule has 0 aromatic heterocycles. The number of carbonyl (C=O) groups is 1. The van der Waals surface area contributed by atoms with Crippen LogP contribution < -0.4 is 10.0 Å². The molecule has 0 spiro atoms. The van der Waals surface area contributed by atoms with Crippen molar-refractivity contribution in [1.29, 1.82) is 0 Å². The van der Waals surface area contributed by atoms with Crippen molar-refractivity contribution >= 4 is 33.2 Å². The third-order valence-corrected chi connectivity index (χ3v) is 7.64. The Morgan fingerprint density at radius 3 is 2.59 bits per heavy atom. The Bertz CT molecular complexity index is 1030. The fourth-order valence-electron chi connectivity index (χ4n) is 4.09. The van der Waals surface area contributed by atoms with E-state index in [9.17, 15) is 13.2 Å². The van der Waals surface area contributed by atoms with Gasteiger partial charge in [-0.2, -0.15) is 0 Å². The fourth-order valence-corrected chi connectivity index (χ4v) is 5.41. The van der Waals surface area contributed by atoms with Crippen molar-refractivity contribution in [2.24, 2.45) is 0 Å². The van der Waals surface area contributed by atoms with E-state index >= 15 is 0 Å². The second kappa shape index (κ2) is 11.2. The van der Waals surface area contributed by atoms with Gasteiger partial charge in [-0.1, -0.05) is 42.6 Å². The molecule has 174 valence electrons. The highest BCUT2D eigenvalue weighted by molar-refractivity contribution is 7.92. The van der Waals surface area contributed by atoms with Crippen LogP contribution in [-0.4, -0.2) is 44.9 Å². The third-order valence-electron chi connectivity index (χ3n) is 5.93. The van der Waals surface area contributed by atoms with E-state index in [1.54, 1.807) is 36.4 Å². The molecule has 0 saturated carbocycles. The molecular weight excluding hydrogens is 446 g/mol. The standard InChI is InChI=1S/C24H32ClN3O3S/c1-3-20-7-4-5-15-28(20)16-6-14-26-24(29)22-13-10-19(17-23(22)25)27-32(30,31)21-11-8-18(2)9-12-21/h8-13,17,20,27H,3-7,14-16H2,1-2H3,(H,26,29). The Balaban J connectivity index is 1.54. The normalized spacial score (nSPS) is 17.2. The second-order valence-corrected chi connectivity index (χ2v) is 10.4. The molecule has 8 heteroatoms. The van der Waals surface area contributed by atoms with E-state index in [2.05, 4.69) is 21.9 Å². The lowest BCUT2D eigenvalue weighted by molar-refractivity contribution is 0.0947. The van der Waals surface area contributed by atoms with Crippen molar-refractivity contribution in [2.45, 2.75) is 56.9 Å². The quantitative estimate of drug-likeness (QED) is 0.507. The number of hydrogen-bond donors (Lipinski definition) is 2. The predicted molar refractivity (Wildman–Crippen MR) is 130 cm³/mol. The summed E-state index contributed by atoms with van der Waals surface area (Å²) in [6, 6.07) is 11.8. The molecule has 1 atom stereocenters. The topological polar surface area (TPSA) is 78.5 Å². The van der Waals surface area contributed by atoms with Crippen molar-refractivity contribution in [2.75, 3.05) is 24.4 Å². The zero-order valence-electron chi connectivity index (χ0n) is 18.7. The van der Waals surface area contributed by atoms with Crippen LogP contribution in [0.5, 0.6) is 0 Å². The van der Waals surface area contributed by atoms with Crippen LogP contribution in [0.25, 0.3) is 0 Å². The zero-order valence-corrected chi connectivity index (χ0v) is 20.3. The number of carbonyl (C=O) groups excluding carboxylic acids is 1. The first-order chi connectivity index (χ1) is 15.3. The lowest BCUT2D eigenvalue weighted by atomic mass is 10.00. The number of amides is 1. The average molecular weight is 478 g/mol. The highest BCUT2D eigenvalue weighted by Crippen LogP contribution is 2.24. The van der Waals surface area contributed by atoms with Crippen LogP contribution in [0, 0.1) is 6.92 Å². The summed E-state index contributed by atoms with van der Waals surface area (Å²) in [5.41, 5.74) is 1.61. The molecular formula is C24H32ClN3O3S. The Hall–Kier alpha value is -2.09. The van der Waals surface area contributed by atoms with Gasteiger partial charge in [-0.05, 0) is 69.5 Å². The molecule has 1 fully saturated rings. The molecule has 0 radical (unpaired) electrons. The summed E-state index contributed by atoms with van der Waals surface area (Å²) in [5, 5.41) is 3.12. The first-order valence-electron chi connectivity index (χ1n) is 11.2. The maximum absolute atomic E-state index is 12.6. The molecule has 1 aliphatic rings. The summed E-state index contributed by atoms with van der Waals surface area (Å²) in [5.74, 6) is -0.256. The molecule has 1 unspecified atom stereocenters. The number of piperidine rings is 1. The van der Waals surface area contributed by atoms with Crippen LogP contribution in [0.15, 0.2) is 47.4 Å². The van der Waals surface area contributed by atoms with Crippen molar-refractivity contribution in [3.05, 3.63) is 58.6 Å². The predicted octanol–water partition coefficient (Wildman–Crippen LogP) is 4.83. The minimum Gasteiger partial charge on any atom is -0.352 e. The number of sulfonamides is 1. The van der Waals surface area contributed by atoms with Gasteiger partial charge < -0.3 is 10.2 Å². The van der Waals surface area contributed by atoms with Crippen LogP contribution in [0.2, 0.25) is 5.02 Å². The molecule has 32 heavy (non-hydrogen) atoms. The van der Waals surface area contributed by atoms with Crippen molar-refractivity contribution < 1.29 is 13.2 Å². The number of halogens is 1.